The van der Waals surface area contributed by atoms with Gasteiger partial charge in [0.05, 0.1) is 56.1 Å². The lowest BCUT2D eigenvalue weighted by atomic mass is 9.89. The van der Waals surface area contributed by atoms with Crippen LogP contribution in [0.15, 0.2) is 24.5 Å². The van der Waals surface area contributed by atoms with Crippen molar-refractivity contribution in [3.8, 4) is 17.0 Å². The molecule has 9 heteroatoms. The number of rotatable bonds is 6. The number of pyridine rings is 2. The normalized spacial score (nSPS) is 23.6. The Hall–Kier alpha value is -3.01. The summed E-state index contributed by atoms with van der Waals surface area (Å²) in [6.45, 7) is 3.90. The largest absolute Gasteiger partial charge is 0.493 e. The zero-order valence-electron chi connectivity index (χ0n) is 20.4. The maximum Gasteiger partial charge on any atom is 0.228 e. The summed E-state index contributed by atoms with van der Waals surface area (Å²) in [5, 5.41) is 3.96. The van der Waals surface area contributed by atoms with Crippen LogP contribution >= 0.6 is 0 Å². The van der Waals surface area contributed by atoms with E-state index in [0.717, 1.165) is 78.1 Å². The summed E-state index contributed by atoms with van der Waals surface area (Å²) >= 11 is 0. The molecule has 188 valence electrons. The Balaban J connectivity index is 1.33. The molecular formula is C27H30N4O5. The summed E-state index contributed by atoms with van der Waals surface area (Å²) in [5.41, 5.74) is 4.28. The van der Waals surface area contributed by atoms with E-state index in [0.29, 0.717) is 38.2 Å². The molecule has 4 aliphatic rings. The molecule has 0 bridgehead atoms. The molecule has 3 aromatic rings. The van der Waals surface area contributed by atoms with E-state index in [1.165, 1.54) is 0 Å². The minimum atomic E-state index is -0.531. The van der Waals surface area contributed by atoms with Crippen LogP contribution in [0.1, 0.15) is 30.5 Å². The maximum atomic E-state index is 12.4. The highest BCUT2D eigenvalue weighted by Crippen LogP contribution is 2.44. The SMILES string of the molecule is Cn1cc(-c2cc(OCC3COC3)c3c(n2)C2(CCOC2)OCC3)c2cc(NC(=O)C3CC3)ncc21. The Labute approximate surface area is 209 Å². The fourth-order valence-electron chi connectivity index (χ4n) is 5.41. The van der Waals surface area contributed by atoms with Gasteiger partial charge in [-0.15, -0.1) is 0 Å². The molecule has 3 aliphatic heterocycles. The summed E-state index contributed by atoms with van der Waals surface area (Å²) in [7, 11) is 2.00. The Kier molecular flexibility index (Phi) is 5.27. The van der Waals surface area contributed by atoms with Gasteiger partial charge >= 0.3 is 0 Å². The molecule has 2 saturated heterocycles. The fraction of sp³-hybridized carbons (Fsp3) is 0.519. The van der Waals surface area contributed by atoms with Crippen molar-refractivity contribution >= 4 is 22.6 Å². The number of anilines is 1. The summed E-state index contributed by atoms with van der Waals surface area (Å²) in [5.74, 6) is 2.01. The summed E-state index contributed by atoms with van der Waals surface area (Å²) in [6.07, 6.45) is 7.32. The summed E-state index contributed by atoms with van der Waals surface area (Å²) < 4.78 is 25.9. The van der Waals surface area contributed by atoms with Crippen LogP contribution < -0.4 is 10.1 Å². The predicted molar refractivity (Wildman–Crippen MR) is 132 cm³/mol. The number of hydrogen-bond donors (Lipinski definition) is 1. The Morgan fingerprint density at radius 2 is 2.14 bits per heavy atom. The van der Waals surface area contributed by atoms with E-state index >= 15 is 0 Å². The van der Waals surface area contributed by atoms with Crippen molar-refractivity contribution < 1.29 is 23.7 Å². The maximum absolute atomic E-state index is 12.4. The lowest BCUT2D eigenvalue weighted by Gasteiger charge is -2.35. The third kappa shape index (κ3) is 3.77. The second-order valence-electron chi connectivity index (χ2n) is 10.4. The first-order valence-electron chi connectivity index (χ1n) is 12.8. The van der Waals surface area contributed by atoms with E-state index in [2.05, 4.69) is 22.6 Å². The van der Waals surface area contributed by atoms with Gasteiger partial charge in [-0.05, 0) is 18.9 Å². The highest BCUT2D eigenvalue weighted by molar-refractivity contribution is 5.99. The molecule has 0 aromatic carbocycles. The third-order valence-corrected chi connectivity index (χ3v) is 7.76. The number of hydrogen-bond acceptors (Lipinski definition) is 7. The second-order valence-corrected chi connectivity index (χ2v) is 10.4. The molecule has 1 atom stereocenters. The molecule has 36 heavy (non-hydrogen) atoms. The molecule has 1 saturated carbocycles. The number of carbonyl (C=O) groups excluding carboxylic acids is 1. The lowest BCUT2D eigenvalue weighted by molar-refractivity contribution is -0.117. The topological polar surface area (TPSA) is 96.7 Å². The van der Waals surface area contributed by atoms with Gasteiger partial charge in [-0.1, -0.05) is 0 Å². The molecule has 1 spiro atoms. The van der Waals surface area contributed by atoms with Crippen LogP contribution in [0.5, 0.6) is 5.75 Å². The molecule has 0 radical (unpaired) electrons. The Bertz CT molecular complexity index is 1340. The smallest absolute Gasteiger partial charge is 0.228 e. The second kappa shape index (κ2) is 8.54. The molecule has 3 fully saturated rings. The highest BCUT2D eigenvalue weighted by Gasteiger charge is 2.44. The zero-order chi connectivity index (χ0) is 24.3. The zero-order valence-corrected chi connectivity index (χ0v) is 20.4. The van der Waals surface area contributed by atoms with Gasteiger partial charge in [0.2, 0.25) is 5.91 Å². The van der Waals surface area contributed by atoms with Crippen LogP contribution in [-0.2, 0) is 38.1 Å². The number of aryl methyl sites for hydroxylation is 1. The number of carbonyl (C=O) groups is 1. The minimum absolute atomic E-state index is 0.0437. The Morgan fingerprint density at radius 3 is 2.89 bits per heavy atom. The monoisotopic (exact) mass is 490 g/mol. The first-order chi connectivity index (χ1) is 17.6. The van der Waals surface area contributed by atoms with Crippen LogP contribution in [-0.4, -0.2) is 60.1 Å². The van der Waals surface area contributed by atoms with Gasteiger partial charge in [0, 0.05) is 67.1 Å². The summed E-state index contributed by atoms with van der Waals surface area (Å²) in [4.78, 5) is 22.0. The van der Waals surface area contributed by atoms with E-state index < -0.39 is 5.60 Å². The molecule has 6 heterocycles. The third-order valence-electron chi connectivity index (χ3n) is 7.76. The lowest BCUT2D eigenvalue weighted by Crippen LogP contribution is -2.38. The first kappa shape index (κ1) is 22.2. The van der Waals surface area contributed by atoms with Crippen molar-refractivity contribution in [1.29, 1.82) is 0 Å². The molecule has 1 unspecified atom stereocenters. The van der Waals surface area contributed by atoms with E-state index in [4.69, 9.17) is 23.9 Å². The Morgan fingerprint density at radius 1 is 1.25 bits per heavy atom. The van der Waals surface area contributed by atoms with Crippen molar-refractivity contribution in [2.45, 2.75) is 31.3 Å². The highest BCUT2D eigenvalue weighted by atomic mass is 16.6. The van der Waals surface area contributed by atoms with E-state index in [1.807, 2.05) is 23.9 Å². The van der Waals surface area contributed by atoms with Gasteiger partial charge in [-0.3, -0.25) is 4.79 Å². The van der Waals surface area contributed by atoms with Crippen LogP contribution in [0.2, 0.25) is 0 Å². The fourth-order valence-corrected chi connectivity index (χ4v) is 5.41. The van der Waals surface area contributed by atoms with Gasteiger partial charge < -0.3 is 28.8 Å². The number of nitrogens with zero attached hydrogens (tertiary/aromatic N) is 3. The van der Waals surface area contributed by atoms with Gasteiger partial charge in [0.15, 0.2) is 0 Å². The van der Waals surface area contributed by atoms with Gasteiger partial charge in [-0.25, -0.2) is 9.97 Å². The average molecular weight is 491 g/mol. The van der Waals surface area contributed by atoms with Crippen LogP contribution in [0, 0.1) is 11.8 Å². The van der Waals surface area contributed by atoms with Gasteiger partial charge in [0.25, 0.3) is 0 Å². The van der Waals surface area contributed by atoms with Gasteiger partial charge in [-0.2, -0.15) is 0 Å². The molecule has 3 aromatic heterocycles. The molecule has 1 amide bonds. The number of amides is 1. The van der Waals surface area contributed by atoms with E-state index in [-0.39, 0.29) is 11.8 Å². The summed E-state index contributed by atoms with van der Waals surface area (Å²) in [6, 6.07) is 4.01. The average Bonchev–Trinajstić information content (AvgIpc) is 3.53. The van der Waals surface area contributed by atoms with Crippen molar-refractivity contribution in [2.24, 2.45) is 18.9 Å². The van der Waals surface area contributed by atoms with Crippen LogP contribution in [0.3, 0.4) is 0 Å². The van der Waals surface area contributed by atoms with E-state index in [9.17, 15) is 4.79 Å². The van der Waals surface area contributed by atoms with Gasteiger partial charge in [0.1, 0.15) is 17.2 Å². The molecule has 7 rings (SSSR count). The van der Waals surface area contributed by atoms with Crippen LogP contribution in [0.25, 0.3) is 22.2 Å². The minimum Gasteiger partial charge on any atom is -0.493 e. The number of aromatic nitrogens is 3. The number of nitrogens with one attached hydrogen (secondary N) is 1. The van der Waals surface area contributed by atoms with E-state index in [1.54, 1.807) is 0 Å². The molecule has 9 nitrogen and oxygen atoms in total. The van der Waals surface area contributed by atoms with Crippen molar-refractivity contribution in [3.05, 3.63) is 35.8 Å². The standard InChI is InChI=1S/C27H30N4O5/c1-31-11-20(19-8-24(28-10-22(19)31)30-26(32)17-2-3-17)21-9-23(35-14-16-12-34-13-16)18-4-6-36-27(25(18)29-21)5-7-33-15-27/h8-11,16-17H,2-7,12-15H2,1H3,(H,28,30,32). The molecule has 1 aliphatic carbocycles. The molecule has 1 N–H and O–H groups in total. The van der Waals surface area contributed by atoms with Crippen LogP contribution in [0.4, 0.5) is 5.82 Å². The number of fused-ring (bicyclic) bond motifs is 3. The quantitative estimate of drug-likeness (QED) is 0.567. The predicted octanol–water partition coefficient (Wildman–Crippen LogP) is 3.20. The van der Waals surface area contributed by atoms with Crippen molar-refractivity contribution in [1.82, 2.24) is 14.5 Å². The molecular weight excluding hydrogens is 460 g/mol. The first-order valence-corrected chi connectivity index (χ1v) is 12.8. The van der Waals surface area contributed by atoms with Crippen molar-refractivity contribution in [2.75, 3.05) is 45.0 Å². The number of ether oxygens (including phenoxy) is 4. The van der Waals surface area contributed by atoms with Crippen molar-refractivity contribution in [3.63, 3.8) is 0 Å².